The van der Waals surface area contributed by atoms with Crippen molar-refractivity contribution in [3.05, 3.63) is 47.0 Å². The highest BCUT2D eigenvalue weighted by Gasteiger charge is 2.42. The lowest BCUT2D eigenvalue weighted by Crippen LogP contribution is -2.55. The van der Waals surface area contributed by atoms with E-state index >= 15 is 0 Å². The van der Waals surface area contributed by atoms with Gasteiger partial charge in [-0.25, -0.2) is 13.1 Å². The number of rotatable bonds is 4. The maximum atomic E-state index is 12.7. The van der Waals surface area contributed by atoms with Crippen LogP contribution in [-0.4, -0.2) is 45.8 Å². The van der Waals surface area contributed by atoms with E-state index in [1.807, 2.05) is 12.1 Å². The third-order valence-corrected chi connectivity index (χ3v) is 7.64. The summed E-state index contributed by atoms with van der Waals surface area (Å²) in [6, 6.07) is 6.63. The van der Waals surface area contributed by atoms with E-state index in [9.17, 15) is 13.2 Å². The van der Waals surface area contributed by atoms with E-state index in [4.69, 9.17) is 0 Å². The van der Waals surface area contributed by atoms with E-state index in [0.717, 1.165) is 37.7 Å². The minimum Gasteiger partial charge on any atom is -0.268 e. The number of aromatic nitrogens is 3. The highest BCUT2D eigenvalue weighted by Crippen LogP contribution is 2.31. The lowest BCUT2D eigenvalue weighted by atomic mass is 10.0. The molecule has 2 aromatic heterocycles. The molecule has 0 atom stereocenters. The summed E-state index contributed by atoms with van der Waals surface area (Å²) in [6.45, 7) is 0.650. The average Bonchev–Trinajstić information content (AvgIpc) is 2.63. The Hall–Kier alpha value is -2.06. The Labute approximate surface area is 152 Å². The molecule has 0 radical (unpaired) electrons. The van der Waals surface area contributed by atoms with Crippen LogP contribution < -0.4 is 5.56 Å². The van der Waals surface area contributed by atoms with Crippen molar-refractivity contribution in [2.24, 2.45) is 0 Å². The van der Waals surface area contributed by atoms with Crippen LogP contribution in [0.1, 0.15) is 38.1 Å². The summed E-state index contributed by atoms with van der Waals surface area (Å²) in [6.07, 6.45) is 7.93. The largest absolute Gasteiger partial charge is 0.268 e. The van der Waals surface area contributed by atoms with Crippen molar-refractivity contribution in [1.29, 1.82) is 0 Å². The molecule has 138 valence electrons. The van der Waals surface area contributed by atoms with Gasteiger partial charge >= 0.3 is 0 Å². The monoisotopic (exact) mass is 374 g/mol. The predicted molar refractivity (Wildman–Crippen MR) is 98.1 cm³/mol. The molecule has 0 amide bonds. The SMILES string of the molecule is O=c1ccc(-c2ccncc2)nn1C1CN(S(=O)(=O)C2CCCCC2)C1. The first kappa shape index (κ1) is 17.4. The van der Waals surface area contributed by atoms with Crippen LogP contribution in [0.15, 0.2) is 41.5 Å². The zero-order valence-corrected chi connectivity index (χ0v) is 15.3. The molecule has 1 aliphatic carbocycles. The van der Waals surface area contributed by atoms with Gasteiger partial charge in [0.2, 0.25) is 10.0 Å². The van der Waals surface area contributed by atoms with E-state index in [1.54, 1.807) is 18.5 Å². The van der Waals surface area contributed by atoms with Crippen molar-refractivity contribution >= 4 is 10.0 Å². The zero-order valence-electron chi connectivity index (χ0n) is 14.5. The van der Waals surface area contributed by atoms with Gasteiger partial charge in [-0.3, -0.25) is 9.78 Å². The normalized spacial score (nSPS) is 20.0. The molecule has 26 heavy (non-hydrogen) atoms. The van der Waals surface area contributed by atoms with Crippen LogP contribution in [0, 0.1) is 0 Å². The second-order valence-corrected chi connectivity index (χ2v) is 9.23. The summed E-state index contributed by atoms with van der Waals surface area (Å²) in [5.74, 6) is 0. The Bertz CT molecular complexity index is 930. The summed E-state index contributed by atoms with van der Waals surface area (Å²) in [5, 5.41) is 4.19. The van der Waals surface area contributed by atoms with Crippen molar-refractivity contribution in [3.8, 4) is 11.3 Å². The molecule has 0 aromatic carbocycles. The van der Waals surface area contributed by atoms with Crippen LogP contribution in [0.3, 0.4) is 0 Å². The van der Waals surface area contributed by atoms with Gasteiger partial charge in [-0.05, 0) is 31.0 Å². The predicted octanol–water partition coefficient (Wildman–Crippen LogP) is 1.82. The van der Waals surface area contributed by atoms with E-state index in [2.05, 4.69) is 10.1 Å². The number of pyridine rings is 1. The van der Waals surface area contributed by atoms with Gasteiger partial charge in [-0.2, -0.15) is 9.40 Å². The number of hydrogen-bond donors (Lipinski definition) is 0. The Morgan fingerprint density at radius 1 is 0.962 bits per heavy atom. The molecule has 1 aliphatic heterocycles. The van der Waals surface area contributed by atoms with Gasteiger partial charge in [-0.15, -0.1) is 0 Å². The number of sulfonamides is 1. The van der Waals surface area contributed by atoms with Crippen molar-refractivity contribution in [2.45, 2.75) is 43.4 Å². The van der Waals surface area contributed by atoms with Crippen molar-refractivity contribution < 1.29 is 8.42 Å². The van der Waals surface area contributed by atoms with Crippen LogP contribution >= 0.6 is 0 Å². The molecule has 8 heteroatoms. The molecule has 1 saturated carbocycles. The standard InChI is InChI=1S/C18H22N4O3S/c23-18-7-6-17(14-8-10-19-11-9-14)20-22(18)15-12-21(13-15)26(24,25)16-4-2-1-3-5-16/h6-11,15-16H,1-5,12-13H2. The fourth-order valence-electron chi connectivity index (χ4n) is 3.72. The molecule has 4 rings (SSSR count). The molecule has 0 bridgehead atoms. The third kappa shape index (κ3) is 3.19. The van der Waals surface area contributed by atoms with Crippen LogP contribution in [-0.2, 0) is 10.0 Å². The zero-order chi connectivity index (χ0) is 18.1. The summed E-state index contributed by atoms with van der Waals surface area (Å²) < 4.78 is 28.4. The first-order valence-electron chi connectivity index (χ1n) is 9.05. The van der Waals surface area contributed by atoms with Crippen LogP contribution in [0.2, 0.25) is 0 Å². The maximum absolute atomic E-state index is 12.7. The molecule has 2 aliphatic rings. The molecular formula is C18H22N4O3S. The average molecular weight is 374 g/mol. The van der Waals surface area contributed by atoms with Crippen molar-refractivity contribution in [1.82, 2.24) is 19.1 Å². The van der Waals surface area contributed by atoms with E-state index in [-0.39, 0.29) is 16.9 Å². The quantitative estimate of drug-likeness (QED) is 0.815. The van der Waals surface area contributed by atoms with E-state index in [1.165, 1.54) is 15.1 Å². The van der Waals surface area contributed by atoms with Gasteiger partial charge in [0.15, 0.2) is 0 Å². The van der Waals surface area contributed by atoms with Crippen molar-refractivity contribution in [3.63, 3.8) is 0 Å². The van der Waals surface area contributed by atoms with Crippen LogP contribution in [0.25, 0.3) is 11.3 Å². The second kappa shape index (κ2) is 6.92. The van der Waals surface area contributed by atoms with Gasteiger partial charge in [-0.1, -0.05) is 19.3 Å². The smallest absolute Gasteiger partial charge is 0.267 e. The molecule has 0 unspecified atom stereocenters. The molecular weight excluding hydrogens is 352 g/mol. The molecule has 3 heterocycles. The molecule has 7 nitrogen and oxygen atoms in total. The Morgan fingerprint density at radius 2 is 1.65 bits per heavy atom. The highest BCUT2D eigenvalue weighted by atomic mass is 32.2. The fraction of sp³-hybridized carbons (Fsp3) is 0.500. The fourth-order valence-corrected chi connectivity index (χ4v) is 5.83. The molecule has 2 fully saturated rings. The molecule has 0 N–H and O–H groups in total. The lowest BCUT2D eigenvalue weighted by Gasteiger charge is -2.40. The van der Waals surface area contributed by atoms with Gasteiger partial charge in [0, 0.05) is 37.1 Å². The topological polar surface area (TPSA) is 85.2 Å². The van der Waals surface area contributed by atoms with Gasteiger partial charge in [0.05, 0.1) is 17.0 Å². The summed E-state index contributed by atoms with van der Waals surface area (Å²) in [7, 11) is -3.26. The summed E-state index contributed by atoms with van der Waals surface area (Å²) >= 11 is 0. The highest BCUT2D eigenvalue weighted by molar-refractivity contribution is 7.89. The van der Waals surface area contributed by atoms with Crippen molar-refractivity contribution in [2.75, 3.05) is 13.1 Å². The van der Waals surface area contributed by atoms with E-state index < -0.39 is 10.0 Å². The first-order valence-corrected chi connectivity index (χ1v) is 10.6. The van der Waals surface area contributed by atoms with Crippen LogP contribution in [0.4, 0.5) is 0 Å². The minimum atomic E-state index is -3.26. The van der Waals surface area contributed by atoms with Crippen LogP contribution in [0.5, 0.6) is 0 Å². The first-order chi connectivity index (χ1) is 12.6. The number of hydrogen-bond acceptors (Lipinski definition) is 5. The van der Waals surface area contributed by atoms with Gasteiger partial charge in [0.1, 0.15) is 0 Å². The molecule has 2 aromatic rings. The lowest BCUT2D eigenvalue weighted by molar-refractivity contribution is 0.182. The maximum Gasteiger partial charge on any atom is 0.267 e. The van der Waals surface area contributed by atoms with E-state index in [0.29, 0.717) is 18.8 Å². The second-order valence-electron chi connectivity index (χ2n) is 7.01. The van der Waals surface area contributed by atoms with Gasteiger partial charge in [0.25, 0.3) is 5.56 Å². The Kier molecular flexibility index (Phi) is 4.62. The third-order valence-electron chi connectivity index (χ3n) is 5.31. The van der Waals surface area contributed by atoms with Gasteiger partial charge < -0.3 is 0 Å². The minimum absolute atomic E-state index is 0.206. The molecule has 0 spiro atoms. The number of nitrogens with zero attached hydrogens (tertiary/aromatic N) is 4. The Morgan fingerprint density at radius 3 is 2.35 bits per heavy atom. The summed E-state index contributed by atoms with van der Waals surface area (Å²) in [5.41, 5.74) is 1.35. The Balaban J connectivity index is 1.51. The summed E-state index contributed by atoms with van der Waals surface area (Å²) in [4.78, 5) is 16.2. The molecule has 1 saturated heterocycles.